The van der Waals surface area contributed by atoms with E-state index in [1.807, 2.05) is 0 Å². The van der Waals surface area contributed by atoms with Gasteiger partial charge in [0.1, 0.15) is 6.54 Å². The Morgan fingerprint density at radius 3 is 2.50 bits per heavy atom. The standard InChI is InChI=1S/C10H10F3NO2/c1-6-4-7(14-5-10(11,12)13)2-3-8(6)9(15)16/h2-4,14H,5H2,1H3,(H,15,16). The molecule has 0 aliphatic rings. The lowest BCUT2D eigenvalue weighted by Gasteiger charge is -2.10. The molecule has 0 spiro atoms. The molecule has 0 aliphatic heterocycles. The molecule has 0 aromatic heterocycles. The largest absolute Gasteiger partial charge is 0.478 e. The van der Waals surface area contributed by atoms with Gasteiger partial charge in [-0.3, -0.25) is 0 Å². The second-order valence-corrected chi connectivity index (χ2v) is 3.30. The van der Waals surface area contributed by atoms with E-state index < -0.39 is 18.7 Å². The predicted octanol–water partition coefficient (Wildman–Crippen LogP) is 2.67. The number of rotatable bonds is 3. The summed E-state index contributed by atoms with van der Waals surface area (Å²) in [5.74, 6) is -1.10. The SMILES string of the molecule is Cc1cc(NCC(F)(F)F)ccc1C(=O)O. The number of carboxylic acids is 1. The van der Waals surface area contributed by atoms with Gasteiger partial charge in [0.05, 0.1) is 5.56 Å². The molecule has 3 nitrogen and oxygen atoms in total. The maximum atomic E-state index is 11.9. The summed E-state index contributed by atoms with van der Waals surface area (Å²) in [7, 11) is 0. The van der Waals surface area contributed by atoms with E-state index in [2.05, 4.69) is 5.32 Å². The first-order valence-electron chi connectivity index (χ1n) is 4.44. The lowest BCUT2D eigenvalue weighted by Crippen LogP contribution is -2.21. The third-order valence-corrected chi connectivity index (χ3v) is 1.95. The van der Waals surface area contributed by atoms with Crippen molar-refractivity contribution in [2.75, 3.05) is 11.9 Å². The molecule has 6 heteroatoms. The van der Waals surface area contributed by atoms with Gasteiger partial charge in [-0.2, -0.15) is 13.2 Å². The fourth-order valence-corrected chi connectivity index (χ4v) is 1.22. The number of aryl methyl sites for hydroxylation is 1. The number of nitrogens with one attached hydrogen (secondary N) is 1. The molecule has 0 saturated carbocycles. The van der Waals surface area contributed by atoms with Crippen LogP contribution in [-0.2, 0) is 0 Å². The lowest BCUT2D eigenvalue weighted by atomic mass is 10.1. The van der Waals surface area contributed by atoms with Crippen molar-refractivity contribution in [2.24, 2.45) is 0 Å². The molecule has 0 atom stereocenters. The molecule has 0 amide bonds. The Labute approximate surface area is 89.9 Å². The fourth-order valence-electron chi connectivity index (χ4n) is 1.22. The van der Waals surface area contributed by atoms with Gasteiger partial charge in [0.25, 0.3) is 0 Å². The number of alkyl halides is 3. The minimum atomic E-state index is -4.29. The van der Waals surface area contributed by atoms with E-state index in [0.717, 1.165) is 0 Å². The summed E-state index contributed by atoms with van der Waals surface area (Å²) >= 11 is 0. The highest BCUT2D eigenvalue weighted by molar-refractivity contribution is 5.89. The second kappa shape index (κ2) is 4.42. The van der Waals surface area contributed by atoms with Crippen LogP contribution in [-0.4, -0.2) is 23.8 Å². The Hall–Kier alpha value is -1.72. The Morgan fingerprint density at radius 2 is 2.06 bits per heavy atom. The zero-order valence-electron chi connectivity index (χ0n) is 8.43. The van der Waals surface area contributed by atoms with Crippen LogP contribution in [0.3, 0.4) is 0 Å². The van der Waals surface area contributed by atoms with Crippen LogP contribution in [0.15, 0.2) is 18.2 Å². The topological polar surface area (TPSA) is 49.3 Å². The van der Waals surface area contributed by atoms with Gasteiger partial charge in [-0.1, -0.05) is 0 Å². The molecule has 2 N–H and O–H groups in total. The van der Waals surface area contributed by atoms with Gasteiger partial charge in [-0.15, -0.1) is 0 Å². The minimum Gasteiger partial charge on any atom is -0.478 e. The average molecular weight is 233 g/mol. The van der Waals surface area contributed by atoms with Gasteiger partial charge in [-0.05, 0) is 30.7 Å². The zero-order chi connectivity index (χ0) is 12.3. The molecule has 1 rings (SSSR count). The molecule has 0 bridgehead atoms. The molecule has 0 unspecified atom stereocenters. The van der Waals surface area contributed by atoms with E-state index in [1.165, 1.54) is 25.1 Å². The Morgan fingerprint density at radius 1 is 1.44 bits per heavy atom. The molecule has 0 saturated heterocycles. The van der Waals surface area contributed by atoms with Gasteiger partial charge in [0.2, 0.25) is 0 Å². The molecule has 1 aromatic rings. The smallest absolute Gasteiger partial charge is 0.405 e. The van der Waals surface area contributed by atoms with Crippen molar-refractivity contribution in [1.82, 2.24) is 0 Å². The van der Waals surface area contributed by atoms with E-state index >= 15 is 0 Å². The highest BCUT2D eigenvalue weighted by Gasteiger charge is 2.26. The number of aromatic carboxylic acids is 1. The van der Waals surface area contributed by atoms with Crippen LogP contribution in [0.25, 0.3) is 0 Å². The van der Waals surface area contributed by atoms with Crippen LogP contribution in [0.4, 0.5) is 18.9 Å². The van der Waals surface area contributed by atoms with Gasteiger partial charge in [-0.25, -0.2) is 4.79 Å². The fraction of sp³-hybridized carbons (Fsp3) is 0.300. The lowest BCUT2D eigenvalue weighted by molar-refractivity contribution is -0.115. The summed E-state index contributed by atoms with van der Waals surface area (Å²) in [6.45, 7) is 0.390. The normalized spacial score (nSPS) is 11.2. The van der Waals surface area contributed by atoms with E-state index in [1.54, 1.807) is 0 Å². The molecule has 0 fully saturated rings. The summed E-state index contributed by atoms with van der Waals surface area (Å²) in [5.41, 5.74) is 0.747. The van der Waals surface area contributed by atoms with Gasteiger partial charge < -0.3 is 10.4 Å². The molecule has 16 heavy (non-hydrogen) atoms. The summed E-state index contributed by atoms with van der Waals surface area (Å²) < 4.78 is 35.7. The van der Waals surface area contributed by atoms with Crippen molar-refractivity contribution in [3.05, 3.63) is 29.3 Å². The van der Waals surface area contributed by atoms with Gasteiger partial charge >= 0.3 is 12.1 Å². The van der Waals surface area contributed by atoms with Crippen molar-refractivity contribution in [3.8, 4) is 0 Å². The van der Waals surface area contributed by atoms with Crippen molar-refractivity contribution < 1.29 is 23.1 Å². The van der Waals surface area contributed by atoms with E-state index in [4.69, 9.17) is 5.11 Å². The van der Waals surface area contributed by atoms with Crippen LogP contribution in [0.5, 0.6) is 0 Å². The number of hydrogen-bond donors (Lipinski definition) is 2. The van der Waals surface area contributed by atoms with E-state index in [9.17, 15) is 18.0 Å². The number of carboxylic acid groups (broad SMARTS) is 1. The first kappa shape index (κ1) is 12.4. The van der Waals surface area contributed by atoms with Crippen LogP contribution in [0.1, 0.15) is 15.9 Å². The molecule has 0 heterocycles. The Balaban J connectivity index is 2.78. The third-order valence-electron chi connectivity index (χ3n) is 1.95. The third kappa shape index (κ3) is 3.45. The van der Waals surface area contributed by atoms with Crippen molar-refractivity contribution >= 4 is 11.7 Å². The molecular formula is C10H10F3NO2. The first-order chi connectivity index (χ1) is 7.29. The van der Waals surface area contributed by atoms with Crippen LogP contribution in [0.2, 0.25) is 0 Å². The number of benzene rings is 1. The maximum Gasteiger partial charge on any atom is 0.405 e. The molecule has 0 radical (unpaired) electrons. The summed E-state index contributed by atoms with van der Waals surface area (Å²) in [4.78, 5) is 10.6. The summed E-state index contributed by atoms with van der Waals surface area (Å²) in [6, 6.07) is 3.95. The number of halogens is 3. The van der Waals surface area contributed by atoms with Crippen LogP contribution in [0, 0.1) is 6.92 Å². The maximum absolute atomic E-state index is 11.9. The summed E-state index contributed by atoms with van der Waals surface area (Å²) in [5, 5.41) is 10.9. The first-order valence-corrected chi connectivity index (χ1v) is 4.44. The average Bonchev–Trinajstić information content (AvgIpc) is 2.13. The monoisotopic (exact) mass is 233 g/mol. The summed E-state index contributed by atoms with van der Waals surface area (Å²) in [6.07, 6.45) is -4.29. The second-order valence-electron chi connectivity index (χ2n) is 3.30. The van der Waals surface area contributed by atoms with Crippen molar-refractivity contribution in [1.29, 1.82) is 0 Å². The van der Waals surface area contributed by atoms with E-state index in [-0.39, 0.29) is 11.3 Å². The highest BCUT2D eigenvalue weighted by atomic mass is 19.4. The molecule has 1 aromatic carbocycles. The zero-order valence-corrected chi connectivity index (χ0v) is 8.43. The number of anilines is 1. The molecule has 0 aliphatic carbocycles. The van der Waals surface area contributed by atoms with Gasteiger partial charge in [0.15, 0.2) is 0 Å². The molecular weight excluding hydrogens is 223 g/mol. The van der Waals surface area contributed by atoms with Crippen LogP contribution < -0.4 is 5.32 Å². The number of carbonyl (C=O) groups is 1. The number of hydrogen-bond acceptors (Lipinski definition) is 2. The van der Waals surface area contributed by atoms with Gasteiger partial charge in [0, 0.05) is 5.69 Å². The quantitative estimate of drug-likeness (QED) is 0.843. The Kier molecular flexibility index (Phi) is 3.41. The molecule has 88 valence electrons. The highest BCUT2D eigenvalue weighted by Crippen LogP contribution is 2.19. The van der Waals surface area contributed by atoms with Crippen LogP contribution >= 0.6 is 0 Å². The van der Waals surface area contributed by atoms with Crippen molar-refractivity contribution in [3.63, 3.8) is 0 Å². The predicted molar refractivity (Wildman–Crippen MR) is 52.7 cm³/mol. The Bertz CT molecular complexity index is 402. The van der Waals surface area contributed by atoms with Crippen molar-refractivity contribution in [2.45, 2.75) is 13.1 Å². The van der Waals surface area contributed by atoms with E-state index in [0.29, 0.717) is 5.56 Å². The minimum absolute atomic E-state index is 0.0811.